The van der Waals surface area contributed by atoms with Crippen molar-refractivity contribution in [3.05, 3.63) is 95.6 Å². The number of nitrogens with zero attached hydrogens (tertiary/aromatic N) is 3. The second kappa shape index (κ2) is 13.3. The van der Waals surface area contributed by atoms with Crippen LogP contribution in [0, 0.1) is 5.92 Å². The van der Waals surface area contributed by atoms with Crippen molar-refractivity contribution in [1.82, 2.24) is 9.80 Å². The number of carbonyl (C=O) groups is 3. The van der Waals surface area contributed by atoms with Gasteiger partial charge in [-0.2, -0.15) is 0 Å². The summed E-state index contributed by atoms with van der Waals surface area (Å²) in [5.41, 5.74) is 4.04. The van der Waals surface area contributed by atoms with Crippen LogP contribution >= 0.6 is 0 Å². The fourth-order valence-corrected chi connectivity index (χ4v) is 5.11. The highest BCUT2D eigenvalue weighted by molar-refractivity contribution is 6.02. The number of benzene rings is 3. The number of hydrogen-bond donors (Lipinski definition) is 1. The maximum Gasteiger partial charge on any atom is 0.256 e. The van der Waals surface area contributed by atoms with Crippen molar-refractivity contribution in [2.24, 2.45) is 5.92 Å². The Balaban J connectivity index is 1.53. The Kier molecular flexibility index (Phi) is 9.59. The Bertz CT molecular complexity index is 1300. The van der Waals surface area contributed by atoms with Crippen molar-refractivity contribution in [1.29, 1.82) is 0 Å². The number of nitrogens with one attached hydrogen (secondary N) is 1. The second-order valence-electron chi connectivity index (χ2n) is 10.7. The van der Waals surface area contributed by atoms with E-state index in [1.165, 1.54) is 0 Å². The lowest BCUT2D eigenvalue weighted by Crippen LogP contribution is -2.50. The van der Waals surface area contributed by atoms with Crippen LogP contribution in [0.5, 0.6) is 0 Å². The van der Waals surface area contributed by atoms with Gasteiger partial charge in [-0.25, -0.2) is 0 Å². The first-order chi connectivity index (χ1) is 19.3. The molecule has 0 bridgehead atoms. The van der Waals surface area contributed by atoms with Crippen LogP contribution in [0.15, 0.2) is 78.9 Å². The zero-order valence-corrected chi connectivity index (χ0v) is 24.0. The van der Waals surface area contributed by atoms with Crippen molar-refractivity contribution in [2.45, 2.75) is 39.7 Å². The van der Waals surface area contributed by atoms with Gasteiger partial charge >= 0.3 is 0 Å². The van der Waals surface area contributed by atoms with Gasteiger partial charge in [-0.15, -0.1) is 0 Å². The maximum absolute atomic E-state index is 13.8. The highest BCUT2D eigenvalue weighted by Crippen LogP contribution is 2.29. The molecule has 1 atom stereocenters. The first kappa shape index (κ1) is 28.9. The number of hydrogen-bond acceptors (Lipinski definition) is 4. The van der Waals surface area contributed by atoms with E-state index in [0.29, 0.717) is 44.0 Å². The molecular formula is C33H40N4O3. The molecule has 1 aliphatic rings. The maximum atomic E-state index is 13.8. The summed E-state index contributed by atoms with van der Waals surface area (Å²) < 4.78 is 0. The molecule has 40 heavy (non-hydrogen) atoms. The van der Waals surface area contributed by atoms with Gasteiger partial charge in [-0.1, -0.05) is 81.4 Å². The van der Waals surface area contributed by atoms with E-state index in [-0.39, 0.29) is 29.6 Å². The molecule has 0 aliphatic carbocycles. The van der Waals surface area contributed by atoms with E-state index >= 15 is 0 Å². The predicted molar refractivity (Wildman–Crippen MR) is 160 cm³/mol. The monoisotopic (exact) mass is 540 g/mol. The SMILES string of the molecule is CCC(C(=O)N1CCN(c2ccc(NC(=O)C(C)C)cc2C(=O)N(C)Cc2ccccc2)CC1)c1ccccc1. The van der Waals surface area contributed by atoms with Crippen LogP contribution in [0.25, 0.3) is 0 Å². The third kappa shape index (κ3) is 6.89. The average Bonchev–Trinajstić information content (AvgIpc) is 2.98. The minimum absolute atomic E-state index is 0.0974. The van der Waals surface area contributed by atoms with Gasteiger partial charge in [-0.05, 0) is 35.7 Å². The number of amides is 3. The molecule has 7 heteroatoms. The standard InChI is InChI=1S/C33H40N4O3/c1-5-28(26-14-10-7-11-15-26)33(40)37-20-18-36(19-21-37)30-17-16-27(34-31(38)24(2)3)22-29(30)32(39)35(4)23-25-12-8-6-9-13-25/h6-17,22,24,28H,5,18-21,23H2,1-4H3,(H,34,38). The summed E-state index contributed by atoms with van der Waals surface area (Å²) in [7, 11) is 1.80. The van der Waals surface area contributed by atoms with E-state index in [2.05, 4.69) is 17.1 Å². The molecule has 210 valence electrons. The smallest absolute Gasteiger partial charge is 0.256 e. The van der Waals surface area contributed by atoms with E-state index < -0.39 is 0 Å². The summed E-state index contributed by atoms with van der Waals surface area (Å²) in [6, 6.07) is 25.4. The zero-order valence-electron chi connectivity index (χ0n) is 24.0. The van der Waals surface area contributed by atoms with Gasteiger partial charge in [0, 0.05) is 57.1 Å². The van der Waals surface area contributed by atoms with Crippen molar-refractivity contribution in [3.63, 3.8) is 0 Å². The van der Waals surface area contributed by atoms with Crippen LogP contribution in [-0.4, -0.2) is 60.7 Å². The minimum Gasteiger partial charge on any atom is -0.367 e. The van der Waals surface area contributed by atoms with Crippen LogP contribution in [0.2, 0.25) is 0 Å². The fourth-order valence-electron chi connectivity index (χ4n) is 5.11. The van der Waals surface area contributed by atoms with Gasteiger partial charge in [-0.3, -0.25) is 14.4 Å². The van der Waals surface area contributed by atoms with E-state index in [0.717, 1.165) is 23.2 Å². The van der Waals surface area contributed by atoms with Gasteiger partial charge in [0.05, 0.1) is 11.5 Å². The van der Waals surface area contributed by atoms with Crippen LogP contribution in [0.4, 0.5) is 11.4 Å². The lowest BCUT2D eigenvalue weighted by atomic mass is 9.94. The topological polar surface area (TPSA) is 73.0 Å². The van der Waals surface area contributed by atoms with Crippen LogP contribution in [0.1, 0.15) is 54.6 Å². The number of rotatable bonds is 9. The van der Waals surface area contributed by atoms with Crippen molar-refractivity contribution >= 4 is 29.1 Å². The Morgan fingerprint density at radius 3 is 2.10 bits per heavy atom. The molecule has 1 unspecified atom stereocenters. The summed E-state index contributed by atoms with van der Waals surface area (Å²) in [6.45, 7) is 8.62. The first-order valence-corrected chi connectivity index (χ1v) is 14.1. The van der Waals surface area contributed by atoms with E-state index in [1.807, 2.05) is 91.5 Å². The molecular weight excluding hydrogens is 500 g/mol. The van der Waals surface area contributed by atoms with Gasteiger partial charge in [0.15, 0.2) is 0 Å². The van der Waals surface area contributed by atoms with E-state index in [9.17, 15) is 14.4 Å². The van der Waals surface area contributed by atoms with E-state index in [1.54, 1.807) is 18.0 Å². The zero-order chi connectivity index (χ0) is 28.6. The lowest BCUT2D eigenvalue weighted by molar-refractivity contribution is -0.133. The molecule has 0 saturated carbocycles. The molecule has 1 N–H and O–H groups in total. The van der Waals surface area contributed by atoms with Gasteiger partial charge in [0.1, 0.15) is 0 Å². The molecule has 7 nitrogen and oxygen atoms in total. The molecule has 3 aromatic rings. The minimum atomic E-state index is -0.173. The third-order valence-corrected chi connectivity index (χ3v) is 7.47. The fraction of sp³-hybridized carbons (Fsp3) is 0.364. The molecule has 1 fully saturated rings. The molecule has 1 aliphatic heterocycles. The normalized spacial score (nSPS) is 14.1. The number of carbonyl (C=O) groups excluding carboxylic acids is 3. The molecule has 1 saturated heterocycles. The molecule has 0 aromatic heterocycles. The lowest BCUT2D eigenvalue weighted by Gasteiger charge is -2.38. The Morgan fingerprint density at radius 2 is 1.50 bits per heavy atom. The summed E-state index contributed by atoms with van der Waals surface area (Å²) >= 11 is 0. The second-order valence-corrected chi connectivity index (χ2v) is 10.7. The first-order valence-electron chi connectivity index (χ1n) is 14.1. The molecule has 0 radical (unpaired) electrons. The largest absolute Gasteiger partial charge is 0.367 e. The summed E-state index contributed by atoms with van der Waals surface area (Å²) in [4.78, 5) is 45.4. The van der Waals surface area contributed by atoms with Crippen molar-refractivity contribution < 1.29 is 14.4 Å². The molecule has 3 amide bonds. The highest BCUT2D eigenvalue weighted by atomic mass is 16.2. The Labute approximate surface area is 237 Å². The van der Waals surface area contributed by atoms with Gasteiger partial charge in [0.25, 0.3) is 5.91 Å². The summed E-state index contributed by atoms with van der Waals surface area (Å²) in [6.07, 6.45) is 0.749. The van der Waals surface area contributed by atoms with Crippen LogP contribution in [-0.2, 0) is 16.1 Å². The Morgan fingerprint density at radius 1 is 0.875 bits per heavy atom. The molecule has 1 heterocycles. The van der Waals surface area contributed by atoms with Crippen molar-refractivity contribution in [3.8, 4) is 0 Å². The van der Waals surface area contributed by atoms with Crippen LogP contribution in [0.3, 0.4) is 0 Å². The number of anilines is 2. The van der Waals surface area contributed by atoms with Crippen molar-refractivity contribution in [2.75, 3.05) is 43.4 Å². The van der Waals surface area contributed by atoms with Gasteiger partial charge < -0.3 is 20.0 Å². The molecule has 4 rings (SSSR count). The Hall–Kier alpha value is -4.13. The quantitative estimate of drug-likeness (QED) is 0.395. The van der Waals surface area contributed by atoms with Gasteiger partial charge in [0.2, 0.25) is 11.8 Å². The van der Waals surface area contributed by atoms with E-state index in [4.69, 9.17) is 0 Å². The average molecular weight is 541 g/mol. The summed E-state index contributed by atoms with van der Waals surface area (Å²) in [5.74, 6) is -0.389. The number of piperazine rings is 1. The molecule has 0 spiro atoms. The van der Waals surface area contributed by atoms with Crippen LogP contribution < -0.4 is 10.2 Å². The molecule has 3 aromatic carbocycles. The summed E-state index contributed by atoms with van der Waals surface area (Å²) in [5, 5.41) is 2.93. The third-order valence-electron chi connectivity index (χ3n) is 7.47. The highest BCUT2D eigenvalue weighted by Gasteiger charge is 2.29. The predicted octanol–water partition coefficient (Wildman–Crippen LogP) is 5.40.